The quantitative estimate of drug-likeness (QED) is 0.393. The van der Waals surface area contributed by atoms with Crippen LogP contribution in [0, 0.1) is 0 Å². The highest BCUT2D eigenvalue weighted by Crippen LogP contribution is 2.37. The van der Waals surface area contributed by atoms with Gasteiger partial charge in [0, 0.05) is 23.5 Å². The van der Waals surface area contributed by atoms with Crippen molar-refractivity contribution in [2.75, 3.05) is 24.0 Å². The number of carbonyl (C=O) groups excluding carboxylic acids is 1. The summed E-state index contributed by atoms with van der Waals surface area (Å²) in [5.41, 5.74) is 4.04. The molecule has 3 heterocycles. The molecule has 0 spiro atoms. The van der Waals surface area contributed by atoms with Gasteiger partial charge in [0.15, 0.2) is 22.5 Å². The van der Waals surface area contributed by atoms with Gasteiger partial charge >= 0.3 is 0 Å². The van der Waals surface area contributed by atoms with E-state index in [-0.39, 0.29) is 18.5 Å². The lowest BCUT2D eigenvalue weighted by atomic mass is 10.0. The largest absolute Gasteiger partial charge is 0.454 e. The van der Waals surface area contributed by atoms with Gasteiger partial charge in [-0.05, 0) is 54.8 Å². The molecule has 2 aliphatic rings. The van der Waals surface area contributed by atoms with Gasteiger partial charge in [0.1, 0.15) is 0 Å². The van der Waals surface area contributed by atoms with Crippen LogP contribution in [0.15, 0.2) is 78.0 Å². The molecular formula is C26H22N4O3S. The van der Waals surface area contributed by atoms with Crippen LogP contribution in [0.2, 0.25) is 0 Å². The molecule has 8 heteroatoms. The third-order valence-corrected chi connectivity index (χ3v) is 6.93. The zero-order valence-electron chi connectivity index (χ0n) is 18.4. The topological polar surface area (TPSA) is 69.5 Å². The molecule has 2 aliphatic heterocycles. The van der Waals surface area contributed by atoms with Crippen molar-refractivity contribution in [1.82, 2.24) is 14.8 Å². The fourth-order valence-electron chi connectivity index (χ4n) is 4.39. The molecule has 0 fully saturated rings. The van der Waals surface area contributed by atoms with Gasteiger partial charge < -0.3 is 14.4 Å². The average Bonchev–Trinajstić information content (AvgIpc) is 3.54. The van der Waals surface area contributed by atoms with E-state index < -0.39 is 0 Å². The van der Waals surface area contributed by atoms with Gasteiger partial charge in [-0.25, -0.2) is 0 Å². The second-order valence-corrected chi connectivity index (χ2v) is 9.05. The maximum atomic E-state index is 13.2. The monoisotopic (exact) mass is 470 g/mol. The Balaban J connectivity index is 1.30. The number of fused-ring (bicyclic) bond motifs is 2. The summed E-state index contributed by atoms with van der Waals surface area (Å²) in [6, 6.07) is 23.8. The van der Waals surface area contributed by atoms with E-state index in [1.165, 1.54) is 17.3 Å². The Morgan fingerprint density at radius 2 is 1.76 bits per heavy atom. The molecule has 6 rings (SSSR count). The van der Waals surface area contributed by atoms with Crippen molar-refractivity contribution in [2.45, 2.75) is 18.0 Å². The van der Waals surface area contributed by atoms with Crippen molar-refractivity contribution < 1.29 is 14.3 Å². The molecule has 34 heavy (non-hydrogen) atoms. The Labute approximate surface area is 201 Å². The Kier molecular flexibility index (Phi) is 5.43. The minimum Gasteiger partial charge on any atom is -0.454 e. The average molecular weight is 471 g/mol. The number of ether oxygens (including phenoxy) is 2. The number of hydrogen-bond donors (Lipinski definition) is 0. The number of nitrogens with zero attached hydrogens (tertiary/aromatic N) is 4. The fraction of sp³-hybridized carbons (Fsp3) is 0.192. The van der Waals surface area contributed by atoms with Gasteiger partial charge in [-0.2, -0.15) is 0 Å². The number of aryl methyl sites for hydroxylation is 1. The van der Waals surface area contributed by atoms with Gasteiger partial charge in [-0.15, -0.1) is 10.2 Å². The lowest BCUT2D eigenvalue weighted by Crippen LogP contribution is -2.36. The summed E-state index contributed by atoms with van der Waals surface area (Å²) in [6.07, 6.45) is 1.98. The number of hydrogen-bond acceptors (Lipinski definition) is 6. The summed E-state index contributed by atoms with van der Waals surface area (Å²) in [5, 5.41) is 9.61. The van der Waals surface area contributed by atoms with Crippen LogP contribution in [0.1, 0.15) is 12.0 Å². The summed E-state index contributed by atoms with van der Waals surface area (Å²) in [5.74, 6) is 2.44. The molecule has 0 aliphatic carbocycles. The summed E-state index contributed by atoms with van der Waals surface area (Å²) in [7, 11) is 0. The molecule has 1 amide bonds. The van der Waals surface area contributed by atoms with Crippen LogP contribution in [0.3, 0.4) is 0 Å². The normalized spacial score (nSPS) is 14.2. The molecular weight excluding hydrogens is 448 g/mol. The zero-order chi connectivity index (χ0) is 22.9. The van der Waals surface area contributed by atoms with Crippen LogP contribution in [-0.4, -0.2) is 39.8 Å². The number of carbonyl (C=O) groups is 1. The van der Waals surface area contributed by atoms with E-state index in [0.717, 1.165) is 42.1 Å². The van der Waals surface area contributed by atoms with Crippen LogP contribution >= 0.6 is 11.8 Å². The Morgan fingerprint density at radius 1 is 0.941 bits per heavy atom. The number of benzene rings is 3. The number of amides is 1. The maximum absolute atomic E-state index is 13.2. The number of thioether (sulfide) groups is 1. The lowest BCUT2D eigenvalue weighted by molar-refractivity contribution is -0.116. The molecule has 7 nitrogen and oxygen atoms in total. The van der Waals surface area contributed by atoms with Gasteiger partial charge in [0.25, 0.3) is 0 Å². The van der Waals surface area contributed by atoms with E-state index in [4.69, 9.17) is 9.47 Å². The van der Waals surface area contributed by atoms with Gasteiger partial charge in [-0.3, -0.25) is 9.36 Å². The van der Waals surface area contributed by atoms with E-state index >= 15 is 0 Å². The van der Waals surface area contributed by atoms with E-state index in [1.807, 2.05) is 76.2 Å². The minimum absolute atomic E-state index is 0.0735. The van der Waals surface area contributed by atoms with E-state index in [1.54, 1.807) is 0 Å². The molecule has 170 valence electrons. The van der Waals surface area contributed by atoms with Crippen LogP contribution in [0.4, 0.5) is 5.69 Å². The molecule has 3 aromatic carbocycles. The first-order chi connectivity index (χ1) is 16.8. The Morgan fingerprint density at radius 3 is 2.68 bits per heavy atom. The van der Waals surface area contributed by atoms with Crippen molar-refractivity contribution in [2.24, 2.45) is 0 Å². The third kappa shape index (κ3) is 3.80. The Bertz CT molecular complexity index is 1360. The molecule has 0 atom stereocenters. The highest BCUT2D eigenvalue weighted by Gasteiger charge is 2.24. The SMILES string of the molecule is O=C(CSc1nnc(-c2ccc3c(c2)OCO3)n1-c1ccccc1)N1CCCc2ccccc21. The predicted molar refractivity (Wildman–Crippen MR) is 131 cm³/mol. The third-order valence-electron chi connectivity index (χ3n) is 6.01. The molecule has 1 aromatic heterocycles. The highest BCUT2D eigenvalue weighted by atomic mass is 32.2. The van der Waals surface area contributed by atoms with Gasteiger partial charge in [-0.1, -0.05) is 48.2 Å². The number of para-hydroxylation sites is 2. The summed E-state index contributed by atoms with van der Waals surface area (Å²) < 4.78 is 13.0. The lowest BCUT2D eigenvalue weighted by Gasteiger charge is -2.29. The summed E-state index contributed by atoms with van der Waals surface area (Å²) >= 11 is 1.40. The molecule has 0 radical (unpaired) electrons. The molecule has 0 N–H and O–H groups in total. The first-order valence-corrected chi connectivity index (χ1v) is 12.2. The first-order valence-electron chi connectivity index (χ1n) is 11.2. The van der Waals surface area contributed by atoms with Crippen molar-refractivity contribution in [3.05, 3.63) is 78.4 Å². The van der Waals surface area contributed by atoms with Crippen molar-refractivity contribution >= 4 is 23.4 Å². The number of anilines is 1. The van der Waals surface area contributed by atoms with E-state index in [9.17, 15) is 4.79 Å². The van der Waals surface area contributed by atoms with E-state index in [0.29, 0.717) is 16.7 Å². The maximum Gasteiger partial charge on any atom is 0.237 e. The second kappa shape index (κ2) is 8.87. The second-order valence-electron chi connectivity index (χ2n) is 8.11. The highest BCUT2D eigenvalue weighted by molar-refractivity contribution is 7.99. The molecule has 0 saturated carbocycles. The van der Waals surface area contributed by atoms with Crippen molar-refractivity contribution in [3.8, 4) is 28.6 Å². The number of rotatable bonds is 5. The Hall–Kier alpha value is -3.78. The fourth-order valence-corrected chi connectivity index (χ4v) is 5.22. The summed E-state index contributed by atoms with van der Waals surface area (Å²) in [4.78, 5) is 15.1. The zero-order valence-corrected chi connectivity index (χ0v) is 19.2. The van der Waals surface area contributed by atoms with Gasteiger partial charge in [0.05, 0.1) is 5.75 Å². The van der Waals surface area contributed by atoms with Crippen molar-refractivity contribution in [3.63, 3.8) is 0 Å². The van der Waals surface area contributed by atoms with Crippen molar-refractivity contribution in [1.29, 1.82) is 0 Å². The first kappa shape index (κ1) is 20.8. The smallest absolute Gasteiger partial charge is 0.237 e. The number of aromatic nitrogens is 3. The van der Waals surface area contributed by atoms with Crippen LogP contribution in [-0.2, 0) is 11.2 Å². The molecule has 0 saturated heterocycles. The van der Waals surface area contributed by atoms with Gasteiger partial charge in [0.2, 0.25) is 12.7 Å². The van der Waals surface area contributed by atoms with E-state index in [2.05, 4.69) is 16.3 Å². The summed E-state index contributed by atoms with van der Waals surface area (Å²) in [6.45, 7) is 0.956. The standard InChI is InChI=1S/C26H22N4O3S/c31-24(29-14-6-8-18-7-4-5-11-21(18)29)16-34-26-28-27-25(30(26)20-9-2-1-3-10-20)19-12-13-22-23(15-19)33-17-32-22/h1-5,7,9-13,15H,6,8,14,16-17H2. The molecule has 0 unspecified atom stereocenters. The molecule has 4 aromatic rings. The molecule has 0 bridgehead atoms. The minimum atomic E-state index is 0.0735. The predicted octanol–water partition coefficient (Wildman–Crippen LogP) is 4.73. The van der Waals surface area contributed by atoms with Crippen LogP contribution < -0.4 is 14.4 Å². The van der Waals surface area contributed by atoms with Crippen LogP contribution in [0.25, 0.3) is 17.1 Å². The van der Waals surface area contributed by atoms with Crippen LogP contribution in [0.5, 0.6) is 11.5 Å².